The SMILES string of the molecule is CCOc1ccc([C@@H]2/C(=C(\O)c3ccc4c(c3)OCCO4)C(=O)C(=O)N2c2nc(C)c(C(C)=O)s2)cc1OCC. The Morgan fingerprint density at radius 2 is 1.75 bits per heavy atom. The number of carbonyl (C=O) groups excluding carboxylic acids is 3. The predicted molar refractivity (Wildman–Crippen MR) is 148 cm³/mol. The first-order valence-electron chi connectivity index (χ1n) is 12.8. The van der Waals surface area contributed by atoms with Gasteiger partial charge in [-0.3, -0.25) is 19.3 Å². The first-order chi connectivity index (χ1) is 19.2. The molecule has 1 fully saturated rings. The molecule has 1 atom stereocenters. The van der Waals surface area contributed by atoms with E-state index >= 15 is 0 Å². The fourth-order valence-electron chi connectivity index (χ4n) is 4.74. The number of hydrogen-bond donors (Lipinski definition) is 1. The number of amides is 1. The maximum Gasteiger partial charge on any atom is 0.301 e. The number of hydrogen-bond acceptors (Lipinski definition) is 10. The molecule has 208 valence electrons. The number of aliphatic hydroxyl groups is 1. The number of aryl methyl sites for hydroxylation is 1. The molecule has 3 heterocycles. The van der Waals surface area contributed by atoms with Gasteiger partial charge in [-0.25, -0.2) is 4.98 Å². The van der Waals surface area contributed by atoms with Crippen LogP contribution in [0, 0.1) is 6.92 Å². The standard InChI is InChI=1S/C29H28N2O8S/c1-5-36-19-9-7-17(13-21(19)37-6-2)24-23(25(33)18-8-10-20-22(14-18)39-12-11-38-20)26(34)28(35)31(24)29-30-15(3)27(40-29)16(4)32/h7-10,13-14,24,33H,5-6,11-12H2,1-4H3/b25-23+/t24-/m1/s1. The van der Waals surface area contributed by atoms with E-state index in [1.165, 1.54) is 11.8 Å². The zero-order valence-corrected chi connectivity index (χ0v) is 23.3. The number of aromatic nitrogens is 1. The van der Waals surface area contributed by atoms with Gasteiger partial charge < -0.3 is 24.1 Å². The van der Waals surface area contributed by atoms with E-state index in [4.69, 9.17) is 18.9 Å². The molecule has 1 aromatic heterocycles. The topological polar surface area (TPSA) is 124 Å². The first kappa shape index (κ1) is 27.2. The predicted octanol–water partition coefficient (Wildman–Crippen LogP) is 4.85. The van der Waals surface area contributed by atoms with Gasteiger partial charge in [-0.05, 0) is 56.7 Å². The van der Waals surface area contributed by atoms with Crippen molar-refractivity contribution in [1.82, 2.24) is 4.98 Å². The Bertz CT molecular complexity index is 1540. The molecule has 1 amide bonds. The van der Waals surface area contributed by atoms with Crippen LogP contribution in [-0.4, -0.2) is 54.0 Å². The minimum absolute atomic E-state index is 0.134. The van der Waals surface area contributed by atoms with Crippen LogP contribution in [0.5, 0.6) is 23.0 Å². The van der Waals surface area contributed by atoms with Gasteiger partial charge in [-0.2, -0.15) is 0 Å². The first-order valence-corrected chi connectivity index (χ1v) is 13.7. The molecule has 3 aromatic rings. The van der Waals surface area contributed by atoms with E-state index in [9.17, 15) is 19.5 Å². The maximum atomic E-state index is 13.6. The number of aliphatic hydroxyl groups excluding tert-OH is 1. The summed E-state index contributed by atoms with van der Waals surface area (Å²) < 4.78 is 22.7. The van der Waals surface area contributed by atoms with Gasteiger partial charge in [-0.1, -0.05) is 17.4 Å². The van der Waals surface area contributed by atoms with Crippen molar-refractivity contribution >= 4 is 39.7 Å². The molecule has 0 spiro atoms. The number of thiazole rings is 1. The second kappa shape index (κ2) is 11.0. The third-order valence-electron chi connectivity index (χ3n) is 6.45. The molecule has 0 saturated carbocycles. The average Bonchev–Trinajstić information content (AvgIpc) is 3.45. The smallest absolute Gasteiger partial charge is 0.301 e. The van der Waals surface area contributed by atoms with Crippen molar-refractivity contribution in [1.29, 1.82) is 0 Å². The van der Waals surface area contributed by atoms with Crippen molar-refractivity contribution in [2.24, 2.45) is 0 Å². The fourth-order valence-corrected chi connectivity index (χ4v) is 5.73. The van der Waals surface area contributed by atoms with Gasteiger partial charge in [0.1, 0.15) is 19.0 Å². The molecule has 1 saturated heterocycles. The number of ether oxygens (including phenoxy) is 4. The molecule has 40 heavy (non-hydrogen) atoms. The number of Topliss-reactive ketones (excluding diaryl/α,β-unsaturated/α-hetero) is 2. The highest BCUT2D eigenvalue weighted by atomic mass is 32.1. The number of ketones is 2. The summed E-state index contributed by atoms with van der Waals surface area (Å²) in [6.45, 7) is 8.28. The Labute approximate surface area is 234 Å². The normalized spacial score (nSPS) is 17.7. The molecule has 2 aliphatic rings. The van der Waals surface area contributed by atoms with Crippen LogP contribution in [0.4, 0.5) is 5.13 Å². The Morgan fingerprint density at radius 3 is 2.42 bits per heavy atom. The summed E-state index contributed by atoms with van der Waals surface area (Å²) in [5.41, 5.74) is 1.08. The molecule has 2 aromatic carbocycles. The van der Waals surface area contributed by atoms with Crippen LogP contribution in [0.3, 0.4) is 0 Å². The summed E-state index contributed by atoms with van der Waals surface area (Å²) in [4.78, 5) is 45.4. The second-order valence-corrected chi connectivity index (χ2v) is 10.0. The van der Waals surface area contributed by atoms with Crippen molar-refractivity contribution in [3.8, 4) is 23.0 Å². The van der Waals surface area contributed by atoms with E-state index in [2.05, 4.69) is 4.98 Å². The van der Waals surface area contributed by atoms with Crippen LogP contribution in [0.2, 0.25) is 0 Å². The van der Waals surface area contributed by atoms with Gasteiger partial charge in [0.25, 0.3) is 5.78 Å². The molecule has 1 N–H and O–H groups in total. The molecule has 0 radical (unpaired) electrons. The maximum absolute atomic E-state index is 13.6. The Morgan fingerprint density at radius 1 is 1.05 bits per heavy atom. The van der Waals surface area contributed by atoms with E-state index in [0.29, 0.717) is 65.6 Å². The van der Waals surface area contributed by atoms with Gasteiger partial charge in [-0.15, -0.1) is 0 Å². The lowest BCUT2D eigenvalue weighted by atomic mass is 9.95. The molecular weight excluding hydrogens is 536 g/mol. The molecule has 2 aliphatic heterocycles. The van der Waals surface area contributed by atoms with Crippen molar-refractivity contribution in [2.45, 2.75) is 33.7 Å². The zero-order chi connectivity index (χ0) is 28.6. The molecule has 10 nitrogen and oxygen atoms in total. The summed E-state index contributed by atoms with van der Waals surface area (Å²) >= 11 is 1.02. The van der Waals surface area contributed by atoms with Gasteiger partial charge >= 0.3 is 5.91 Å². The van der Waals surface area contributed by atoms with Crippen LogP contribution in [0.15, 0.2) is 42.0 Å². The highest BCUT2D eigenvalue weighted by molar-refractivity contribution is 7.18. The summed E-state index contributed by atoms with van der Waals surface area (Å²) in [5.74, 6) is -0.487. The fraction of sp³-hybridized carbons (Fsp3) is 0.310. The lowest BCUT2D eigenvalue weighted by Crippen LogP contribution is -2.29. The van der Waals surface area contributed by atoms with Crippen LogP contribution in [-0.2, 0) is 9.59 Å². The van der Waals surface area contributed by atoms with E-state index in [0.717, 1.165) is 11.3 Å². The van der Waals surface area contributed by atoms with Crippen molar-refractivity contribution in [3.05, 3.63) is 63.7 Å². The molecule has 11 heteroatoms. The van der Waals surface area contributed by atoms with Crippen LogP contribution in [0.1, 0.15) is 53.3 Å². The Balaban J connectivity index is 1.71. The highest BCUT2D eigenvalue weighted by Crippen LogP contribution is 2.46. The zero-order valence-electron chi connectivity index (χ0n) is 22.5. The van der Waals surface area contributed by atoms with E-state index < -0.39 is 17.7 Å². The Kier molecular flexibility index (Phi) is 7.49. The van der Waals surface area contributed by atoms with E-state index in [-0.39, 0.29) is 27.8 Å². The number of anilines is 1. The largest absolute Gasteiger partial charge is 0.507 e. The van der Waals surface area contributed by atoms with Crippen molar-refractivity contribution in [2.75, 3.05) is 31.3 Å². The summed E-state index contributed by atoms with van der Waals surface area (Å²) in [7, 11) is 0. The van der Waals surface area contributed by atoms with Crippen LogP contribution < -0.4 is 23.8 Å². The monoisotopic (exact) mass is 564 g/mol. The van der Waals surface area contributed by atoms with Gasteiger partial charge in [0.05, 0.1) is 35.4 Å². The summed E-state index contributed by atoms with van der Waals surface area (Å²) in [6.07, 6.45) is 0. The number of nitrogens with zero attached hydrogens (tertiary/aromatic N) is 2. The van der Waals surface area contributed by atoms with Crippen molar-refractivity contribution < 1.29 is 38.4 Å². The second-order valence-electron chi connectivity index (χ2n) is 9.07. The quantitative estimate of drug-likeness (QED) is 0.177. The molecule has 0 aliphatic carbocycles. The number of benzene rings is 2. The van der Waals surface area contributed by atoms with E-state index in [1.807, 2.05) is 13.8 Å². The minimum atomic E-state index is -1.06. The van der Waals surface area contributed by atoms with E-state index in [1.54, 1.807) is 43.3 Å². The number of rotatable bonds is 8. The molecule has 0 bridgehead atoms. The average molecular weight is 565 g/mol. The highest BCUT2D eigenvalue weighted by Gasteiger charge is 2.48. The Hall–Kier alpha value is -4.38. The minimum Gasteiger partial charge on any atom is -0.507 e. The molecular formula is C29H28N2O8S. The number of fused-ring (bicyclic) bond motifs is 1. The van der Waals surface area contributed by atoms with Crippen molar-refractivity contribution in [3.63, 3.8) is 0 Å². The third-order valence-corrected chi connectivity index (χ3v) is 7.71. The lowest BCUT2D eigenvalue weighted by Gasteiger charge is -2.24. The lowest BCUT2D eigenvalue weighted by molar-refractivity contribution is -0.132. The van der Waals surface area contributed by atoms with Crippen LogP contribution in [0.25, 0.3) is 5.76 Å². The third kappa shape index (κ3) is 4.77. The molecule has 5 rings (SSSR count). The summed E-state index contributed by atoms with van der Waals surface area (Å²) in [6, 6.07) is 8.83. The van der Waals surface area contributed by atoms with Crippen LogP contribution >= 0.6 is 11.3 Å². The van der Waals surface area contributed by atoms with Gasteiger partial charge in [0, 0.05) is 12.5 Å². The van der Waals surface area contributed by atoms with Gasteiger partial charge in [0.15, 0.2) is 33.9 Å². The van der Waals surface area contributed by atoms with Gasteiger partial charge in [0.2, 0.25) is 0 Å². The molecule has 0 unspecified atom stereocenters. The summed E-state index contributed by atoms with van der Waals surface area (Å²) in [5, 5.41) is 11.7. The number of carbonyl (C=O) groups is 3.